The summed E-state index contributed by atoms with van der Waals surface area (Å²) in [5, 5.41) is 21.3. The van der Waals surface area contributed by atoms with E-state index in [1.807, 2.05) is 0 Å². The van der Waals surface area contributed by atoms with E-state index in [0.717, 1.165) is 38.6 Å². The number of likely N-dealkylation sites (tertiary alicyclic amines) is 1. The Kier molecular flexibility index (Phi) is 3.43. The molecule has 2 fully saturated rings. The third-order valence-corrected chi connectivity index (χ3v) is 3.86. The summed E-state index contributed by atoms with van der Waals surface area (Å²) in [6, 6.07) is 4.35. The molecule has 2 aliphatic heterocycles. The summed E-state index contributed by atoms with van der Waals surface area (Å²) in [5.74, 6) is 0.846. The van der Waals surface area contributed by atoms with Crippen molar-refractivity contribution in [2.24, 2.45) is 11.3 Å². The van der Waals surface area contributed by atoms with Crippen molar-refractivity contribution >= 4 is 0 Å². The Balaban J connectivity index is 1.72. The molecule has 0 unspecified atom stereocenters. The lowest BCUT2D eigenvalue weighted by Gasteiger charge is -2.35. The van der Waals surface area contributed by atoms with Gasteiger partial charge in [-0.3, -0.25) is 0 Å². The van der Waals surface area contributed by atoms with E-state index < -0.39 is 5.41 Å². The summed E-state index contributed by atoms with van der Waals surface area (Å²) in [6.45, 7) is 5.25. The van der Waals surface area contributed by atoms with Crippen molar-refractivity contribution in [1.29, 1.82) is 10.5 Å². The normalized spacial score (nSPS) is 25.4. The monoisotopic (exact) mass is 218 g/mol. The molecule has 0 aromatic heterocycles. The van der Waals surface area contributed by atoms with Crippen molar-refractivity contribution in [3.8, 4) is 12.1 Å². The molecule has 0 bridgehead atoms. The van der Waals surface area contributed by atoms with Gasteiger partial charge in [0, 0.05) is 13.1 Å². The lowest BCUT2D eigenvalue weighted by Crippen LogP contribution is -2.45. The summed E-state index contributed by atoms with van der Waals surface area (Å²) in [4.78, 5) is 2.39. The molecule has 0 radical (unpaired) electrons. The van der Waals surface area contributed by atoms with Gasteiger partial charge in [0.2, 0.25) is 0 Å². The SMILES string of the molecule is N#CC1(C#N)CCN(CCC2CNC2)CC1. The van der Waals surface area contributed by atoms with Crippen LogP contribution in [-0.4, -0.2) is 37.6 Å². The zero-order valence-corrected chi connectivity index (χ0v) is 9.58. The molecule has 4 heteroatoms. The fourth-order valence-corrected chi connectivity index (χ4v) is 2.32. The lowest BCUT2D eigenvalue weighted by atomic mass is 9.81. The predicted octanol–water partition coefficient (Wildman–Crippen LogP) is 0.725. The largest absolute Gasteiger partial charge is 0.316 e. The number of hydrogen-bond donors (Lipinski definition) is 1. The highest BCUT2D eigenvalue weighted by atomic mass is 15.1. The smallest absolute Gasteiger partial charge is 0.146 e. The average molecular weight is 218 g/mol. The number of nitrogens with one attached hydrogen (secondary N) is 1. The summed E-state index contributed by atoms with van der Waals surface area (Å²) in [6.07, 6.45) is 2.67. The fourth-order valence-electron chi connectivity index (χ4n) is 2.32. The Morgan fingerprint density at radius 2 is 1.81 bits per heavy atom. The first-order valence-electron chi connectivity index (χ1n) is 6.03. The topological polar surface area (TPSA) is 62.9 Å². The Hall–Kier alpha value is -1.10. The minimum absolute atomic E-state index is 0.700. The molecular formula is C12H18N4. The van der Waals surface area contributed by atoms with Crippen molar-refractivity contribution in [2.45, 2.75) is 19.3 Å². The molecule has 0 spiro atoms. The van der Waals surface area contributed by atoms with Gasteiger partial charge in [0.1, 0.15) is 5.41 Å². The zero-order valence-electron chi connectivity index (χ0n) is 9.58. The van der Waals surface area contributed by atoms with Crippen LogP contribution in [0.4, 0.5) is 0 Å². The van der Waals surface area contributed by atoms with Crippen LogP contribution in [0.25, 0.3) is 0 Å². The van der Waals surface area contributed by atoms with Crippen LogP contribution in [0, 0.1) is 34.0 Å². The van der Waals surface area contributed by atoms with Crippen molar-refractivity contribution in [1.82, 2.24) is 10.2 Å². The molecule has 2 rings (SSSR count). The van der Waals surface area contributed by atoms with Crippen molar-refractivity contribution in [2.75, 3.05) is 32.7 Å². The Labute approximate surface area is 96.8 Å². The first kappa shape index (κ1) is 11.4. The van der Waals surface area contributed by atoms with Crippen LogP contribution in [-0.2, 0) is 0 Å². The second-order valence-corrected chi connectivity index (χ2v) is 4.96. The van der Waals surface area contributed by atoms with E-state index in [0.29, 0.717) is 12.8 Å². The summed E-state index contributed by atoms with van der Waals surface area (Å²) < 4.78 is 0. The molecular weight excluding hydrogens is 200 g/mol. The third kappa shape index (κ3) is 2.35. The molecule has 0 amide bonds. The first-order valence-corrected chi connectivity index (χ1v) is 6.03. The molecule has 2 saturated heterocycles. The van der Waals surface area contributed by atoms with Crippen LogP contribution >= 0.6 is 0 Å². The van der Waals surface area contributed by atoms with Crippen molar-refractivity contribution < 1.29 is 0 Å². The number of hydrogen-bond acceptors (Lipinski definition) is 4. The Morgan fingerprint density at radius 1 is 1.19 bits per heavy atom. The van der Waals surface area contributed by atoms with Gasteiger partial charge in [0.05, 0.1) is 12.1 Å². The van der Waals surface area contributed by atoms with Crippen molar-refractivity contribution in [3.05, 3.63) is 0 Å². The van der Waals surface area contributed by atoms with E-state index in [2.05, 4.69) is 22.4 Å². The third-order valence-electron chi connectivity index (χ3n) is 3.86. The van der Waals surface area contributed by atoms with Gasteiger partial charge in [-0.05, 0) is 44.8 Å². The molecule has 0 atom stereocenters. The lowest BCUT2D eigenvalue weighted by molar-refractivity contribution is 0.158. The minimum atomic E-state index is -0.700. The van der Waals surface area contributed by atoms with Gasteiger partial charge in [0.25, 0.3) is 0 Å². The van der Waals surface area contributed by atoms with E-state index in [9.17, 15) is 0 Å². The van der Waals surface area contributed by atoms with Gasteiger partial charge in [0.15, 0.2) is 0 Å². The van der Waals surface area contributed by atoms with Gasteiger partial charge >= 0.3 is 0 Å². The van der Waals surface area contributed by atoms with Crippen LogP contribution in [0.2, 0.25) is 0 Å². The highest BCUT2D eigenvalue weighted by Crippen LogP contribution is 2.29. The number of piperidine rings is 1. The van der Waals surface area contributed by atoms with Gasteiger partial charge in [-0.15, -0.1) is 0 Å². The molecule has 0 aromatic carbocycles. The summed E-state index contributed by atoms with van der Waals surface area (Å²) in [7, 11) is 0. The molecule has 1 N–H and O–H groups in total. The van der Waals surface area contributed by atoms with Gasteiger partial charge in [-0.25, -0.2) is 0 Å². The number of nitrogens with zero attached hydrogens (tertiary/aromatic N) is 3. The van der Waals surface area contributed by atoms with Crippen LogP contribution in [0.3, 0.4) is 0 Å². The summed E-state index contributed by atoms with van der Waals surface area (Å²) >= 11 is 0. The summed E-state index contributed by atoms with van der Waals surface area (Å²) in [5.41, 5.74) is -0.700. The Morgan fingerprint density at radius 3 is 2.25 bits per heavy atom. The van der Waals surface area contributed by atoms with Crippen LogP contribution in [0.5, 0.6) is 0 Å². The second-order valence-electron chi connectivity index (χ2n) is 4.96. The van der Waals surface area contributed by atoms with Crippen LogP contribution < -0.4 is 5.32 Å². The molecule has 86 valence electrons. The maximum Gasteiger partial charge on any atom is 0.146 e. The molecule has 2 heterocycles. The molecule has 4 nitrogen and oxygen atoms in total. The molecule has 2 aliphatic rings. The minimum Gasteiger partial charge on any atom is -0.316 e. The quantitative estimate of drug-likeness (QED) is 0.758. The highest BCUT2D eigenvalue weighted by Gasteiger charge is 2.34. The van der Waals surface area contributed by atoms with Gasteiger partial charge in [-0.2, -0.15) is 10.5 Å². The zero-order chi connectivity index (χ0) is 11.4. The van der Waals surface area contributed by atoms with Gasteiger partial charge < -0.3 is 10.2 Å². The van der Waals surface area contributed by atoms with Crippen molar-refractivity contribution in [3.63, 3.8) is 0 Å². The van der Waals surface area contributed by atoms with E-state index >= 15 is 0 Å². The number of rotatable bonds is 3. The molecule has 0 aliphatic carbocycles. The fraction of sp³-hybridized carbons (Fsp3) is 0.833. The maximum atomic E-state index is 8.99. The molecule has 0 saturated carbocycles. The van der Waals surface area contributed by atoms with E-state index in [1.54, 1.807) is 0 Å². The highest BCUT2D eigenvalue weighted by molar-refractivity contribution is 5.15. The second kappa shape index (κ2) is 4.82. The standard InChI is InChI=1S/C12H18N4/c13-9-12(10-14)2-5-16(6-3-12)4-1-11-7-15-8-11/h11,15H,1-8H2. The molecule has 16 heavy (non-hydrogen) atoms. The van der Waals surface area contributed by atoms with E-state index in [4.69, 9.17) is 10.5 Å². The maximum absolute atomic E-state index is 8.99. The van der Waals surface area contributed by atoms with E-state index in [1.165, 1.54) is 6.42 Å². The Bertz CT molecular complexity index is 297. The average Bonchev–Trinajstić information content (AvgIpc) is 2.28. The number of nitriles is 2. The van der Waals surface area contributed by atoms with E-state index in [-0.39, 0.29) is 0 Å². The predicted molar refractivity (Wildman–Crippen MR) is 60.3 cm³/mol. The van der Waals surface area contributed by atoms with Crippen LogP contribution in [0.15, 0.2) is 0 Å². The first-order chi connectivity index (χ1) is 7.78. The molecule has 0 aromatic rings. The van der Waals surface area contributed by atoms with Crippen LogP contribution in [0.1, 0.15) is 19.3 Å². The van der Waals surface area contributed by atoms with Gasteiger partial charge in [-0.1, -0.05) is 0 Å².